The number of benzene rings is 1. The number of anilines is 3. The van der Waals surface area contributed by atoms with Gasteiger partial charge in [-0.05, 0) is 18.2 Å². The highest BCUT2D eigenvalue weighted by atomic mass is 16.3. The van der Waals surface area contributed by atoms with Crippen LogP contribution in [0.15, 0.2) is 18.2 Å². The van der Waals surface area contributed by atoms with Crippen molar-refractivity contribution in [2.75, 3.05) is 49.3 Å². The highest BCUT2D eigenvalue weighted by Crippen LogP contribution is 2.28. The molecule has 0 aromatic heterocycles. The molecule has 0 unspecified atom stereocenters. The van der Waals surface area contributed by atoms with Gasteiger partial charge in [-0.3, -0.25) is 0 Å². The Morgan fingerprint density at radius 3 is 2.65 bits per heavy atom. The summed E-state index contributed by atoms with van der Waals surface area (Å²) in [7, 11) is 3.68. The molecule has 0 atom stereocenters. The van der Waals surface area contributed by atoms with E-state index in [9.17, 15) is 4.79 Å². The minimum atomic E-state index is 0.0186. The molecule has 5 heteroatoms. The van der Waals surface area contributed by atoms with Crippen LogP contribution in [-0.4, -0.2) is 45.2 Å². The summed E-state index contributed by atoms with van der Waals surface area (Å²) in [5.41, 5.74) is 2.83. The maximum atomic E-state index is 10.6. The molecule has 5 nitrogen and oxygen atoms in total. The van der Waals surface area contributed by atoms with E-state index in [4.69, 9.17) is 5.11 Å². The molecule has 0 fully saturated rings. The summed E-state index contributed by atoms with van der Waals surface area (Å²) in [6.07, 6.45) is 0.834. The quantitative estimate of drug-likeness (QED) is 0.611. The second-order valence-electron chi connectivity index (χ2n) is 3.57. The van der Waals surface area contributed by atoms with Crippen molar-refractivity contribution in [3.05, 3.63) is 18.2 Å². The van der Waals surface area contributed by atoms with Gasteiger partial charge in [0.2, 0.25) is 0 Å². The molecule has 1 aromatic rings. The van der Waals surface area contributed by atoms with Gasteiger partial charge in [0, 0.05) is 26.3 Å². The molecule has 0 bridgehead atoms. The molecule has 0 saturated carbocycles. The van der Waals surface area contributed by atoms with E-state index in [0.717, 1.165) is 23.3 Å². The number of nitrogens with zero attached hydrogens (tertiary/aromatic N) is 1. The topological polar surface area (TPSA) is 64.6 Å². The summed E-state index contributed by atoms with van der Waals surface area (Å²) in [5, 5.41) is 15.1. The fraction of sp³-hybridized carbons (Fsp3) is 0.417. The predicted molar refractivity (Wildman–Crippen MR) is 70.9 cm³/mol. The van der Waals surface area contributed by atoms with Crippen molar-refractivity contribution in [2.24, 2.45) is 0 Å². The van der Waals surface area contributed by atoms with Crippen LogP contribution >= 0.6 is 0 Å². The lowest BCUT2D eigenvalue weighted by molar-refractivity contribution is -0.106. The van der Waals surface area contributed by atoms with E-state index in [-0.39, 0.29) is 13.2 Å². The lowest BCUT2D eigenvalue weighted by atomic mass is 10.2. The van der Waals surface area contributed by atoms with Gasteiger partial charge in [0.15, 0.2) is 0 Å². The fourth-order valence-corrected chi connectivity index (χ4v) is 1.69. The predicted octanol–water partition coefficient (Wildman–Crippen LogP) is 0.768. The molecular weight excluding hydrogens is 218 g/mol. The summed E-state index contributed by atoms with van der Waals surface area (Å²) in [6.45, 7) is 0.727. The van der Waals surface area contributed by atoms with Crippen LogP contribution in [0, 0.1) is 0 Å². The molecule has 0 aliphatic carbocycles. The van der Waals surface area contributed by atoms with Crippen LogP contribution in [0.1, 0.15) is 0 Å². The van der Waals surface area contributed by atoms with Crippen molar-refractivity contribution in [1.82, 2.24) is 0 Å². The smallest absolute Gasteiger partial charge is 0.139 e. The summed E-state index contributed by atoms with van der Waals surface area (Å²) in [6, 6.07) is 5.83. The monoisotopic (exact) mass is 237 g/mol. The van der Waals surface area contributed by atoms with Crippen molar-refractivity contribution in [3.63, 3.8) is 0 Å². The molecule has 0 amide bonds. The van der Waals surface area contributed by atoms with Crippen molar-refractivity contribution in [2.45, 2.75) is 0 Å². The first-order valence-corrected chi connectivity index (χ1v) is 5.55. The highest BCUT2D eigenvalue weighted by Gasteiger charge is 2.10. The number of hydrogen-bond acceptors (Lipinski definition) is 5. The largest absolute Gasteiger partial charge is 0.395 e. The zero-order valence-corrected chi connectivity index (χ0v) is 10.2. The van der Waals surface area contributed by atoms with Crippen LogP contribution in [-0.2, 0) is 4.79 Å². The highest BCUT2D eigenvalue weighted by molar-refractivity contribution is 5.76. The number of aldehydes is 1. The second-order valence-corrected chi connectivity index (χ2v) is 3.57. The van der Waals surface area contributed by atoms with E-state index >= 15 is 0 Å². The number of aliphatic hydroxyl groups excluding tert-OH is 1. The first-order chi connectivity index (χ1) is 8.26. The molecular formula is C12H19N3O2. The van der Waals surface area contributed by atoms with Gasteiger partial charge in [-0.2, -0.15) is 0 Å². The lowest BCUT2D eigenvalue weighted by Crippen LogP contribution is -2.29. The fourth-order valence-electron chi connectivity index (χ4n) is 1.69. The average molecular weight is 237 g/mol. The second kappa shape index (κ2) is 6.75. The normalized spacial score (nSPS) is 9.82. The number of aliphatic hydroxyl groups is 1. The number of hydrogen-bond donors (Lipinski definition) is 3. The average Bonchev–Trinajstić information content (AvgIpc) is 2.37. The Morgan fingerprint density at radius 2 is 2.12 bits per heavy atom. The molecule has 1 aromatic carbocycles. The van der Waals surface area contributed by atoms with E-state index < -0.39 is 0 Å². The Balaban J connectivity index is 3.03. The summed E-state index contributed by atoms with van der Waals surface area (Å²) in [5.74, 6) is 0. The standard InChI is InChI=1S/C12H19N3O2/c1-13-10-3-4-12(11(9-10)14-2)15(5-7-16)6-8-17/h3-4,7,9,13-14,17H,5-6,8H2,1-2H3. The van der Waals surface area contributed by atoms with Crippen LogP contribution in [0.5, 0.6) is 0 Å². The van der Waals surface area contributed by atoms with Crippen LogP contribution in [0.2, 0.25) is 0 Å². The zero-order chi connectivity index (χ0) is 12.7. The molecule has 0 aliphatic heterocycles. The Hall–Kier alpha value is -1.75. The Bertz CT molecular complexity index is 369. The van der Waals surface area contributed by atoms with Crippen molar-refractivity contribution >= 4 is 23.3 Å². The van der Waals surface area contributed by atoms with Gasteiger partial charge in [0.25, 0.3) is 0 Å². The molecule has 0 aliphatic rings. The van der Waals surface area contributed by atoms with Gasteiger partial charge < -0.3 is 25.4 Å². The van der Waals surface area contributed by atoms with Crippen molar-refractivity contribution < 1.29 is 9.90 Å². The Labute approximate surface area is 101 Å². The molecule has 0 radical (unpaired) electrons. The number of carbonyl (C=O) groups is 1. The van der Waals surface area contributed by atoms with Crippen molar-refractivity contribution in [3.8, 4) is 0 Å². The maximum absolute atomic E-state index is 10.6. The number of nitrogens with one attached hydrogen (secondary N) is 2. The third-order valence-corrected chi connectivity index (χ3v) is 2.56. The number of carbonyl (C=O) groups excluding carboxylic acids is 1. The lowest BCUT2D eigenvalue weighted by Gasteiger charge is -2.24. The molecule has 94 valence electrons. The molecule has 1 rings (SSSR count). The van der Waals surface area contributed by atoms with Gasteiger partial charge >= 0.3 is 0 Å². The van der Waals surface area contributed by atoms with E-state index in [1.54, 1.807) is 0 Å². The minimum absolute atomic E-state index is 0.0186. The molecule has 0 heterocycles. The third kappa shape index (κ3) is 3.35. The van der Waals surface area contributed by atoms with Gasteiger partial charge in [-0.15, -0.1) is 0 Å². The summed E-state index contributed by atoms with van der Waals surface area (Å²) >= 11 is 0. The molecule has 0 saturated heterocycles. The SMILES string of the molecule is CNc1ccc(N(CC=O)CCO)c(NC)c1. The van der Waals surface area contributed by atoms with E-state index in [1.165, 1.54) is 0 Å². The molecule has 17 heavy (non-hydrogen) atoms. The first-order valence-electron chi connectivity index (χ1n) is 5.55. The van der Waals surface area contributed by atoms with Crippen LogP contribution in [0.3, 0.4) is 0 Å². The minimum Gasteiger partial charge on any atom is -0.395 e. The van der Waals surface area contributed by atoms with E-state index in [2.05, 4.69) is 10.6 Å². The van der Waals surface area contributed by atoms with Crippen LogP contribution in [0.4, 0.5) is 17.1 Å². The van der Waals surface area contributed by atoms with E-state index in [0.29, 0.717) is 6.54 Å². The first kappa shape index (κ1) is 13.3. The zero-order valence-electron chi connectivity index (χ0n) is 10.2. The molecule has 3 N–H and O–H groups in total. The van der Waals surface area contributed by atoms with Gasteiger partial charge in [0.1, 0.15) is 6.29 Å². The van der Waals surface area contributed by atoms with Crippen LogP contribution < -0.4 is 15.5 Å². The maximum Gasteiger partial charge on any atom is 0.139 e. The van der Waals surface area contributed by atoms with Gasteiger partial charge in [0.05, 0.1) is 24.5 Å². The molecule has 0 spiro atoms. The van der Waals surface area contributed by atoms with Gasteiger partial charge in [-0.25, -0.2) is 0 Å². The summed E-state index contributed by atoms with van der Waals surface area (Å²) in [4.78, 5) is 12.5. The Morgan fingerprint density at radius 1 is 1.35 bits per heavy atom. The van der Waals surface area contributed by atoms with Crippen LogP contribution in [0.25, 0.3) is 0 Å². The Kier molecular flexibility index (Phi) is 5.29. The van der Waals surface area contributed by atoms with E-state index in [1.807, 2.05) is 37.2 Å². The van der Waals surface area contributed by atoms with Gasteiger partial charge in [-0.1, -0.05) is 0 Å². The third-order valence-electron chi connectivity index (χ3n) is 2.56. The number of rotatable bonds is 7. The van der Waals surface area contributed by atoms with Crippen molar-refractivity contribution in [1.29, 1.82) is 0 Å². The summed E-state index contributed by atoms with van der Waals surface area (Å²) < 4.78 is 0.